The molecule has 0 spiro atoms. The van der Waals surface area contributed by atoms with Gasteiger partial charge in [-0.2, -0.15) is 0 Å². The van der Waals surface area contributed by atoms with Crippen molar-refractivity contribution in [2.24, 2.45) is 0 Å². The Labute approximate surface area is 117 Å². The topological polar surface area (TPSA) is 78.5 Å². The van der Waals surface area contributed by atoms with E-state index in [9.17, 15) is 9.90 Å². The molecule has 1 aromatic carbocycles. The highest BCUT2D eigenvalue weighted by Crippen LogP contribution is 2.24. The van der Waals surface area contributed by atoms with Crippen molar-refractivity contribution in [3.8, 4) is 5.75 Å². The van der Waals surface area contributed by atoms with Crippen molar-refractivity contribution >= 4 is 5.97 Å². The van der Waals surface area contributed by atoms with E-state index in [4.69, 9.17) is 4.74 Å². The van der Waals surface area contributed by atoms with Crippen LogP contribution in [0.25, 0.3) is 0 Å². The molecule has 0 radical (unpaired) electrons. The van der Waals surface area contributed by atoms with Gasteiger partial charge in [0, 0.05) is 12.4 Å². The number of hydrogen-bond donors (Lipinski definition) is 2. The lowest BCUT2D eigenvalue weighted by Gasteiger charge is -2.24. The Balaban J connectivity index is 2.23. The lowest BCUT2D eigenvalue weighted by Crippen LogP contribution is -2.30. The normalized spacial score (nSPS) is 12.3. The molecule has 1 unspecified atom stereocenters. The second-order valence-electron chi connectivity index (χ2n) is 4.47. The quantitative estimate of drug-likeness (QED) is 0.838. The zero-order valence-corrected chi connectivity index (χ0v) is 11.4. The second kappa shape index (κ2) is 6.21. The zero-order chi connectivity index (χ0) is 14.5. The van der Waals surface area contributed by atoms with E-state index in [2.05, 4.69) is 9.97 Å². The van der Waals surface area contributed by atoms with Crippen molar-refractivity contribution in [3.63, 3.8) is 0 Å². The van der Waals surface area contributed by atoms with E-state index in [0.717, 1.165) is 5.82 Å². The van der Waals surface area contributed by atoms with Gasteiger partial charge >= 0.3 is 5.97 Å². The van der Waals surface area contributed by atoms with Crippen molar-refractivity contribution in [1.29, 1.82) is 0 Å². The summed E-state index contributed by atoms with van der Waals surface area (Å²) in [5.74, 6) is 0.453. The van der Waals surface area contributed by atoms with E-state index in [0.29, 0.717) is 17.9 Å². The first-order valence-corrected chi connectivity index (χ1v) is 6.17. The maximum Gasteiger partial charge on any atom is 0.325 e. The van der Waals surface area contributed by atoms with Crippen molar-refractivity contribution < 1.29 is 14.6 Å². The molecule has 0 bridgehead atoms. The monoisotopic (exact) mass is 275 g/mol. The lowest BCUT2D eigenvalue weighted by molar-refractivity contribution is -0.143. The molecule has 2 aromatic rings. The number of imidazole rings is 1. The molecule has 2 N–H and O–H groups in total. The first-order valence-electron chi connectivity index (χ1n) is 6.17. The zero-order valence-electron chi connectivity index (χ0n) is 11.4. The van der Waals surface area contributed by atoms with E-state index >= 15 is 0 Å². The van der Waals surface area contributed by atoms with E-state index in [1.165, 1.54) is 0 Å². The van der Waals surface area contributed by atoms with Crippen molar-refractivity contribution in [2.75, 3.05) is 14.2 Å². The van der Waals surface area contributed by atoms with E-state index in [-0.39, 0.29) is 0 Å². The highest BCUT2D eigenvalue weighted by molar-refractivity contribution is 5.75. The third-order valence-corrected chi connectivity index (χ3v) is 3.04. The Morgan fingerprint density at radius 3 is 2.95 bits per heavy atom. The number of aromatic nitrogens is 2. The minimum absolute atomic E-state index is 0.418. The van der Waals surface area contributed by atoms with E-state index < -0.39 is 12.0 Å². The third kappa shape index (κ3) is 3.16. The summed E-state index contributed by atoms with van der Waals surface area (Å²) in [4.78, 5) is 20.4. The Morgan fingerprint density at radius 2 is 2.35 bits per heavy atom. The van der Waals surface area contributed by atoms with Crippen LogP contribution in [0.3, 0.4) is 0 Å². The Kier molecular flexibility index (Phi) is 4.37. The van der Waals surface area contributed by atoms with Crippen LogP contribution in [0.1, 0.15) is 17.4 Å². The van der Waals surface area contributed by atoms with Gasteiger partial charge in [0.1, 0.15) is 17.6 Å². The summed E-state index contributed by atoms with van der Waals surface area (Å²) in [5.41, 5.74) is 0.672. The number of likely N-dealkylation sites (N-methyl/N-ethyl adjacent to an activating group) is 1. The van der Waals surface area contributed by atoms with E-state index in [1.807, 2.05) is 0 Å². The first-order chi connectivity index (χ1) is 9.61. The Morgan fingerprint density at radius 1 is 1.55 bits per heavy atom. The molecule has 106 valence electrons. The third-order valence-electron chi connectivity index (χ3n) is 3.04. The predicted octanol–water partition coefficient (Wildman–Crippen LogP) is 1.68. The van der Waals surface area contributed by atoms with Gasteiger partial charge in [-0.05, 0) is 24.7 Å². The number of methoxy groups -OCH3 is 1. The summed E-state index contributed by atoms with van der Waals surface area (Å²) < 4.78 is 5.14. The molecule has 0 saturated carbocycles. The van der Waals surface area contributed by atoms with Crippen molar-refractivity contribution in [2.45, 2.75) is 12.6 Å². The second-order valence-corrected chi connectivity index (χ2v) is 4.47. The van der Waals surface area contributed by atoms with Gasteiger partial charge in [-0.25, -0.2) is 4.98 Å². The summed E-state index contributed by atoms with van der Waals surface area (Å²) in [6, 6.07) is 6.33. The average Bonchev–Trinajstić information content (AvgIpc) is 2.91. The molecule has 0 aliphatic heterocycles. The van der Waals surface area contributed by atoms with Crippen LogP contribution in [-0.2, 0) is 11.3 Å². The molecule has 6 heteroatoms. The molecular weight excluding hydrogens is 258 g/mol. The lowest BCUT2D eigenvalue weighted by atomic mass is 10.1. The fourth-order valence-corrected chi connectivity index (χ4v) is 2.11. The number of nitrogens with zero attached hydrogens (tertiary/aromatic N) is 2. The minimum Gasteiger partial charge on any atom is -0.497 e. The number of ether oxygens (including phenoxy) is 1. The number of rotatable bonds is 6. The summed E-state index contributed by atoms with van der Waals surface area (Å²) in [7, 11) is 3.31. The molecule has 0 saturated heterocycles. The van der Waals surface area contributed by atoms with Gasteiger partial charge in [-0.1, -0.05) is 12.1 Å². The number of aromatic amines is 1. The van der Waals surface area contributed by atoms with Crippen LogP contribution >= 0.6 is 0 Å². The van der Waals surface area contributed by atoms with Crippen molar-refractivity contribution in [3.05, 3.63) is 48.0 Å². The molecule has 0 aliphatic carbocycles. The number of H-pyrrole nitrogens is 1. The first kappa shape index (κ1) is 14.1. The maximum absolute atomic E-state index is 11.6. The summed E-state index contributed by atoms with van der Waals surface area (Å²) >= 11 is 0. The van der Waals surface area contributed by atoms with Crippen LogP contribution in [0, 0.1) is 0 Å². The molecule has 0 fully saturated rings. The summed E-state index contributed by atoms with van der Waals surface area (Å²) in [6.45, 7) is 0.418. The summed E-state index contributed by atoms with van der Waals surface area (Å²) in [5, 5.41) is 9.48. The molecule has 0 aliphatic rings. The number of aliphatic carboxylic acids is 1. The van der Waals surface area contributed by atoms with Crippen LogP contribution in [0.2, 0.25) is 0 Å². The maximum atomic E-state index is 11.6. The summed E-state index contributed by atoms with van der Waals surface area (Å²) in [6.07, 6.45) is 3.36. The number of carboxylic acid groups (broad SMARTS) is 1. The minimum atomic E-state index is -0.910. The van der Waals surface area contributed by atoms with Gasteiger partial charge in [-0.15, -0.1) is 0 Å². The standard InChI is InChI=1S/C14H17N3O3/c1-17(9-12-15-6-7-16-12)13(14(18)19)10-4-3-5-11(8-10)20-2/h3-8,13H,9H2,1-2H3,(H,15,16)(H,18,19). The predicted molar refractivity (Wildman–Crippen MR) is 73.4 cm³/mol. The van der Waals surface area contributed by atoms with Crippen LogP contribution in [0.5, 0.6) is 5.75 Å². The van der Waals surface area contributed by atoms with Gasteiger partial charge < -0.3 is 14.8 Å². The Hall–Kier alpha value is -2.34. The van der Waals surface area contributed by atoms with Gasteiger partial charge in [-0.3, -0.25) is 9.69 Å². The molecule has 1 atom stereocenters. The van der Waals surface area contributed by atoms with Crippen LogP contribution in [0.15, 0.2) is 36.7 Å². The number of benzene rings is 1. The Bertz CT molecular complexity index is 569. The van der Waals surface area contributed by atoms with Crippen LogP contribution in [-0.4, -0.2) is 40.1 Å². The number of hydrogen-bond acceptors (Lipinski definition) is 4. The van der Waals surface area contributed by atoms with Crippen LogP contribution in [0.4, 0.5) is 0 Å². The average molecular weight is 275 g/mol. The van der Waals surface area contributed by atoms with Gasteiger partial charge in [0.2, 0.25) is 0 Å². The van der Waals surface area contributed by atoms with Crippen LogP contribution < -0.4 is 4.74 Å². The fourth-order valence-electron chi connectivity index (χ4n) is 2.11. The van der Waals surface area contributed by atoms with Gasteiger partial charge in [0.15, 0.2) is 0 Å². The fraction of sp³-hybridized carbons (Fsp3) is 0.286. The SMILES string of the molecule is COc1cccc(C(C(=O)O)N(C)Cc2ncc[nH]2)c1. The smallest absolute Gasteiger partial charge is 0.325 e. The largest absolute Gasteiger partial charge is 0.497 e. The van der Waals surface area contributed by atoms with Gasteiger partial charge in [0.05, 0.1) is 13.7 Å². The molecule has 6 nitrogen and oxygen atoms in total. The molecule has 1 aromatic heterocycles. The molecule has 2 rings (SSSR count). The highest BCUT2D eigenvalue weighted by atomic mass is 16.5. The van der Waals surface area contributed by atoms with Crippen molar-refractivity contribution in [1.82, 2.24) is 14.9 Å². The molecule has 0 amide bonds. The molecule has 20 heavy (non-hydrogen) atoms. The number of carbonyl (C=O) groups is 1. The van der Waals surface area contributed by atoms with E-state index in [1.54, 1.807) is 55.7 Å². The number of nitrogens with one attached hydrogen (secondary N) is 1. The number of carboxylic acids is 1. The highest BCUT2D eigenvalue weighted by Gasteiger charge is 2.25. The molecule has 1 heterocycles. The molecular formula is C14H17N3O3. The van der Waals surface area contributed by atoms with Gasteiger partial charge in [0.25, 0.3) is 0 Å².